The Hall–Kier alpha value is -3.09. The van der Waals surface area contributed by atoms with Crippen LogP contribution in [0.5, 0.6) is 11.5 Å². The van der Waals surface area contributed by atoms with Gasteiger partial charge >= 0.3 is 0 Å². The molecule has 1 saturated heterocycles. The maximum absolute atomic E-state index is 12.8. The molecule has 0 aromatic heterocycles. The number of carbonyl (C=O) groups is 1. The minimum atomic E-state index is -3.65. The van der Waals surface area contributed by atoms with Gasteiger partial charge in [0, 0.05) is 37.2 Å². The van der Waals surface area contributed by atoms with E-state index in [9.17, 15) is 13.2 Å². The average Bonchev–Trinajstić information content (AvgIpc) is 3.04. The molecule has 0 radical (unpaired) electrons. The number of benzene rings is 2. The van der Waals surface area contributed by atoms with E-state index in [1.807, 2.05) is 6.07 Å². The topological polar surface area (TPSA) is 109 Å². The number of hydrogen-bond donors (Lipinski definition) is 1. The predicted octanol–water partition coefficient (Wildman–Crippen LogP) is 2.76. The molecule has 1 N–H and O–H groups in total. The molecule has 1 fully saturated rings. The zero-order valence-electron chi connectivity index (χ0n) is 16.9. The van der Waals surface area contributed by atoms with E-state index in [-0.39, 0.29) is 29.8 Å². The minimum absolute atomic E-state index is 0.134. The van der Waals surface area contributed by atoms with Crippen molar-refractivity contribution in [2.75, 3.05) is 31.6 Å². The number of amides is 1. The Bertz CT molecular complexity index is 1100. The van der Waals surface area contributed by atoms with Crippen molar-refractivity contribution in [3.63, 3.8) is 0 Å². The fourth-order valence-electron chi connectivity index (χ4n) is 3.69. The van der Waals surface area contributed by atoms with Crippen LogP contribution in [0.15, 0.2) is 47.4 Å². The summed E-state index contributed by atoms with van der Waals surface area (Å²) in [4.78, 5) is 12.9. The second-order valence-electron chi connectivity index (χ2n) is 7.52. The van der Waals surface area contributed by atoms with E-state index in [4.69, 9.17) is 14.7 Å². The van der Waals surface area contributed by atoms with Crippen LogP contribution in [0.25, 0.3) is 0 Å². The standard InChI is InChI=1S/C22H23N3O5S/c23-15-16-2-5-19(6-3-16)31(27,28)25-10-8-17(9-11-25)22(26)24-18-4-7-20-21(14-18)30-13-1-12-29-20/h2-7,14,17H,1,8-13H2,(H,24,26). The summed E-state index contributed by atoms with van der Waals surface area (Å²) in [7, 11) is -3.65. The normalized spacial score (nSPS) is 17.4. The number of ether oxygens (including phenoxy) is 2. The summed E-state index contributed by atoms with van der Waals surface area (Å²) in [6.45, 7) is 1.70. The Kier molecular flexibility index (Phi) is 6.11. The highest BCUT2D eigenvalue weighted by molar-refractivity contribution is 7.89. The molecular formula is C22H23N3O5S. The Morgan fingerprint density at radius 3 is 2.39 bits per heavy atom. The van der Waals surface area contributed by atoms with E-state index in [2.05, 4.69) is 5.32 Å². The van der Waals surface area contributed by atoms with Crippen LogP contribution in [-0.2, 0) is 14.8 Å². The second kappa shape index (κ2) is 8.96. The third-order valence-corrected chi connectivity index (χ3v) is 7.37. The van der Waals surface area contributed by atoms with Gasteiger partial charge < -0.3 is 14.8 Å². The predicted molar refractivity (Wildman–Crippen MR) is 113 cm³/mol. The highest BCUT2D eigenvalue weighted by Gasteiger charge is 2.32. The average molecular weight is 442 g/mol. The number of nitrogens with one attached hydrogen (secondary N) is 1. The van der Waals surface area contributed by atoms with Crippen molar-refractivity contribution in [2.24, 2.45) is 5.92 Å². The lowest BCUT2D eigenvalue weighted by Gasteiger charge is -2.30. The summed E-state index contributed by atoms with van der Waals surface area (Å²) in [6, 6.07) is 13.1. The monoisotopic (exact) mass is 441 g/mol. The van der Waals surface area contributed by atoms with Gasteiger partial charge in [-0.3, -0.25) is 4.79 Å². The van der Waals surface area contributed by atoms with E-state index in [0.29, 0.717) is 48.8 Å². The van der Waals surface area contributed by atoms with Gasteiger partial charge in [-0.15, -0.1) is 0 Å². The van der Waals surface area contributed by atoms with Crippen molar-refractivity contribution >= 4 is 21.6 Å². The second-order valence-corrected chi connectivity index (χ2v) is 9.45. The van der Waals surface area contributed by atoms with Crippen molar-refractivity contribution in [1.82, 2.24) is 4.31 Å². The van der Waals surface area contributed by atoms with E-state index in [1.54, 1.807) is 18.2 Å². The van der Waals surface area contributed by atoms with Crippen LogP contribution >= 0.6 is 0 Å². The molecule has 2 aromatic rings. The van der Waals surface area contributed by atoms with Crippen LogP contribution in [0, 0.1) is 17.2 Å². The van der Waals surface area contributed by atoms with E-state index >= 15 is 0 Å². The SMILES string of the molecule is N#Cc1ccc(S(=O)(=O)N2CCC(C(=O)Nc3ccc4c(c3)OCCCO4)CC2)cc1. The number of fused-ring (bicyclic) bond motifs is 1. The van der Waals surface area contributed by atoms with Crippen LogP contribution in [0.4, 0.5) is 5.69 Å². The quantitative estimate of drug-likeness (QED) is 0.782. The van der Waals surface area contributed by atoms with E-state index in [0.717, 1.165) is 6.42 Å². The number of nitriles is 1. The fourth-order valence-corrected chi connectivity index (χ4v) is 5.16. The first-order valence-electron chi connectivity index (χ1n) is 10.2. The van der Waals surface area contributed by atoms with E-state index < -0.39 is 10.0 Å². The van der Waals surface area contributed by atoms with Crippen molar-refractivity contribution in [3.8, 4) is 17.6 Å². The molecule has 2 heterocycles. The number of sulfonamides is 1. The van der Waals surface area contributed by atoms with Crippen LogP contribution in [-0.4, -0.2) is 44.9 Å². The first-order valence-corrected chi connectivity index (χ1v) is 11.6. The smallest absolute Gasteiger partial charge is 0.243 e. The molecule has 8 nitrogen and oxygen atoms in total. The van der Waals surface area contributed by atoms with Crippen molar-refractivity contribution in [1.29, 1.82) is 5.26 Å². The molecular weight excluding hydrogens is 418 g/mol. The van der Waals surface area contributed by atoms with Gasteiger partial charge in [-0.2, -0.15) is 9.57 Å². The highest BCUT2D eigenvalue weighted by atomic mass is 32.2. The maximum atomic E-state index is 12.8. The lowest BCUT2D eigenvalue weighted by Crippen LogP contribution is -2.41. The number of rotatable bonds is 4. The van der Waals surface area contributed by atoms with Gasteiger partial charge in [-0.25, -0.2) is 8.42 Å². The summed E-state index contributed by atoms with van der Waals surface area (Å²) in [5.41, 5.74) is 1.03. The van der Waals surface area contributed by atoms with Crippen LogP contribution < -0.4 is 14.8 Å². The Labute approximate surface area is 181 Å². The van der Waals surface area contributed by atoms with Crippen molar-refractivity contribution in [3.05, 3.63) is 48.0 Å². The molecule has 0 bridgehead atoms. The lowest BCUT2D eigenvalue weighted by molar-refractivity contribution is -0.120. The van der Waals surface area contributed by atoms with Crippen molar-refractivity contribution < 1.29 is 22.7 Å². The largest absolute Gasteiger partial charge is 0.490 e. The molecule has 2 aliphatic heterocycles. The first-order chi connectivity index (χ1) is 15.0. The fraction of sp³-hybridized carbons (Fsp3) is 0.364. The number of hydrogen-bond acceptors (Lipinski definition) is 6. The summed E-state index contributed by atoms with van der Waals surface area (Å²) in [6.07, 6.45) is 1.68. The Morgan fingerprint density at radius 2 is 1.71 bits per heavy atom. The molecule has 0 saturated carbocycles. The molecule has 162 valence electrons. The molecule has 0 aliphatic carbocycles. The number of piperidine rings is 1. The summed E-state index contributed by atoms with van der Waals surface area (Å²) >= 11 is 0. The van der Waals surface area contributed by atoms with Gasteiger partial charge in [0.05, 0.1) is 29.7 Å². The summed E-state index contributed by atoms with van der Waals surface area (Å²) < 4.78 is 38.3. The third kappa shape index (κ3) is 4.65. The van der Waals surface area contributed by atoms with Crippen LogP contribution in [0.3, 0.4) is 0 Å². The van der Waals surface area contributed by atoms with Crippen molar-refractivity contribution in [2.45, 2.75) is 24.2 Å². The zero-order valence-corrected chi connectivity index (χ0v) is 17.7. The minimum Gasteiger partial charge on any atom is -0.490 e. The van der Waals surface area contributed by atoms with Crippen LogP contribution in [0.1, 0.15) is 24.8 Å². The molecule has 1 amide bonds. The first kappa shape index (κ1) is 21.2. The zero-order chi connectivity index (χ0) is 21.8. The summed E-state index contributed by atoms with van der Waals surface area (Å²) in [5, 5.41) is 11.8. The lowest BCUT2D eigenvalue weighted by atomic mass is 9.97. The van der Waals surface area contributed by atoms with E-state index in [1.165, 1.54) is 28.6 Å². The molecule has 0 spiro atoms. The van der Waals surface area contributed by atoms with Gasteiger partial charge in [0.25, 0.3) is 0 Å². The molecule has 0 unspecified atom stereocenters. The number of anilines is 1. The van der Waals surface area contributed by atoms with Gasteiger partial charge in [0.2, 0.25) is 15.9 Å². The number of carbonyl (C=O) groups excluding carboxylic acids is 1. The van der Waals surface area contributed by atoms with Gasteiger partial charge in [-0.1, -0.05) is 0 Å². The van der Waals surface area contributed by atoms with Gasteiger partial charge in [0.15, 0.2) is 11.5 Å². The van der Waals surface area contributed by atoms with Gasteiger partial charge in [-0.05, 0) is 49.2 Å². The molecule has 9 heteroatoms. The highest BCUT2D eigenvalue weighted by Crippen LogP contribution is 2.33. The molecule has 4 rings (SSSR count). The Balaban J connectivity index is 1.36. The van der Waals surface area contributed by atoms with Gasteiger partial charge in [0.1, 0.15) is 0 Å². The Morgan fingerprint density at radius 1 is 1.03 bits per heavy atom. The molecule has 31 heavy (non-hydrogen) atoms. The molecule has 2 aliphatic rings. The molecule has 2 aromatic carbocycles. The maximum Gasteiger partial charge on any atom is 0.243 e. The summed E-state index contributed by atoms with van der Waals surface area (Å²) in [5.74, 6) is 0.865. The third-order valence-electron chi connectivity index (χ3n) is 5.46. The molecule has 0 atom stereocenters. The number of nitrogens with zero attached hydrogens (tertiary/aromatic N) is 2. The van der Waals surface area contributed by atoms with Crippen LogP contribution in [0.2, 0.25) is 0 Å².